The lowest BCUT2D eigenvalue weighted by Gasteiger charge is -2.25. The Morgan fingerprint density at radius 2 is 1.73 bits per heavy atom. The maximum absolute atomic E-state index is 13.9. The largest absolute Gasteiger partial charge is 0.457 e. The molecule has 0 aliphatic heterocycles. The highest BCUT2D eigenvalue weighted by atomic mass is 19.1. The summed E-state index contributed by atoms with van der Waals surface area (Å²) in [5.41, 5.74) is 2.25. The van der Waals surface area contributed by atoms with E-state index in [0.29, 0.717) is 70.4 Å². The molecule has 0 saturated heterocycles. The molecule has 9 heteroatoms. The van der Waals surface area contributed by atoms with Gasteiger partial charge in [0.1, 0.15) is 28.5 Å². The number of benzene rings is 2. The molecule has 1 fully saturated rings. The normalized spacial score (nSPS) is 17.6. The van der Waals surface area contributed by atoms with E-state index in [1.54, 1.807) is 59.1 Å². The van der Waals surface area contributed by atoms with Crippen molar-refractivity contribution in [3.05, 3.63) is 81.2 Å². The highest BCUT2D eigenvalue weighted by Crippen LogP contribution is 2.37. The van der Waals surface area contributed by atoms with Crippen LogP contribution in [0.3, 0.4) is 0 Å². The van der Waals surface area contributed by atoms with E-state index in [1.165, 1.54) is 16.7 Å². The summed E-state index contributed by atoms with van der Waals surface area (Å²) < 4.78 is 21.6. The van der Waals surface area contributed by atoms with Gasteiger partial charge in [-0.1, -0.05) is 0 Å². The van der Waals surface area contributed by atoms with Crippen LogP contribution in [-0.2, 0) is 12.6 Å². The molecule has 1 amide bonds. The van der Waals surface area contributed by atoms with Gasteiger partial charge >= 0.3 is 0 Å². The van der Waals surface area contributed by atoms with E-state index in [0.717, 1.165) is 0 Å². The van der Waals surface area contributed by atoms with Crippen LogP contribution in [0.15, 0.2) is 47.4 Å². The number of carbonyl (C=O) groups excluding carboxylic acids is 1. The first kappa shape index (κ1) is 28.6. The quantitative estimate of drug-likeness (QED) is 0.254. The number of aliphatic hydroxyl groups is 2. The number of aromatic amines is 1. The number of nitrogens with one attached hydrogen (secondary N) is 2. The molecule has 0 spiro atoms. The number of aromatic nitrogens is 2. The number of rotatable bonds is 6. The van der Waals surface area contributed by atoms with E-state index in [2.05, 4.69) is 10.3 Å². The Bertz CT molecular complexity index is 1670. The average molecular weight is 562 g/mol. The number of nitrogens with zero attached hydrogens (tertiary/aromatic N) is 1. The van der Waals surface area contributed by atoms with E-state index in [4.69, 9.17) is 4.74 Å². The van der Waals surface area contributed by atoms with Crippen LogP contribution >= 0.6 is 0 Å². The molecule has 0 bridgehead atoms. The molecule has 2 aromatic carbocycles. The monoisotopic (exact) mass is 561 g/mol. The lowest BCUT2D eigenvalue weighted by molar-refractivity contribution is 0.0784. The van der Waals surface area contributed by atoms with Crippen molar-refractivity contribution < 1.29 is 24.1 Å². The van der Waals surface area contributed by atoms with Crippen molar-refractivity contribution in [1.82, 2.24) is 14.9 Å². The van der Waals surface area contributed by atoms with Crippen molar-refractivity contribution in [3.63, 3.8) is 0 Å². The average Bonchev–Trinajstić information content (AvgIpc) is 3.35. The smallest absolute Gasteiger partial charge is 0.274 e. The fraction of sp³-hybridized carbons (Fsp3) is 0.375. The number of fused-ring (bicyclic) bond motifs is 1. The Hall–Kier alpha value is -3.95. The number of aliphatic hydroxyl groups excluding tert-OH is 1. The zero-order valence-corrected chi connectivity index (χ0v) is 24.0. The Kier molecular flexibility index (Phi) is 7.52. The summed E-state index contributed by atoms with van der Waals surface area (Å²) >= 11 is 0. The van der Waals surface area contributed by atoms with Gasteiger partial charge in [-0.05, 0) is 112 Å². The lowest BCUT2D eigenvalue weighted by Crippen LogP contribution is -2.38. The highest BCUT2D eigenvalue weighted by Gasteiger charge is 2.24. The SMILES string of the molecule is Cc1cc(F)cc(C)c1Oc1cc(-c2cn(C)c(=O)c3[nH]c(C(=O)NC4CCC(O)CC4)cc23)cc(C(C)(C)O)c1. The number of ether oxygens (including phenoxy) is 1. The van der Waals surface area contributed by atoms with E-state index in [1.807, 2.05) is 6.07 Å². The molecule has 216 valence electrons. The summed E-state index contributed by atoms with van der Waals surface area (Å²) in [6.45, 7) is 6.88. The van der Waals surface area contributed by atoms with E-state index < -0.39 is 5.60 Å². The van der Waals surface area contributed by atoms with Crippen molar-refractivity contribution >= 4 is 16.8 Å². The van der Waals surface area contributed by atoms with E-state index in [-0.39, 0.29) is 40.6 Å². The van der Waals surface area contributed by atoms with Crippen LogP contribution in [0.25, 0.3) is 22.0 Å². The van der Waals surface area contributed by atoms with Crippen LogP contribution in [0.4, 0.5) is 4.39 Å². The van der Waals surface area contributed by atoms with Crippen molar-refractivity contribution in [2.45, 2.75) is 71.1 Å². The van der Waals surface area contributed by atoms with Gasteiger partial charge < -0.3 is 29.8 Å². The predicted octanol–water partition coefficient (Wildman–Crippen LogP) is 5.34. The summed E-state index contributed by atoms with van der Waals surface area (Å²) in [6, 6.07) is 9.81. The van der Waals surface area contributed by atoms with Crippen molar-refractivity contribution in [3.8, 4) is 22.6 Å². The Morgan fingerprint density at radius 3 is 2.37 bits per heavy atom. The molecule has 4 aromatic rings. The zero-order valence-electron chi connectivity index (χ0n) is 24.0. The van der Waals surface area contributed by atoms with Crippen LogP contribution in [0, 0.1) is 19.7 Å². The minimum Gasteiger partial charge on any atom is -0.457 e. The van der Waals surface area contributed by atoms with Gasteiger partial charge in [0, 0.05) is 30.2 Å². The first-order chi connectivity index (χ1) is 19.3. The molecular formula is C32H36FN3O5. The maximum Gasteiger partial charge on any atom is 0.274 e. The predicted molar refractivity (Wildman–Crippen MR) is 156 cm³/mol. The number of halogens is 1. The fourth-order valence-electron chi connectivity index (χ4n) is 5.51. The molecule has 2 heterocycles. The number of pyridine rings is 1. The fourth-order valence-corrected chi connectivity index (χ4v) is 5.51. The number of amides is 1. The maximum atomic E-state index is 13.9. The molecule has 0 atom stereocenters. The summed E-state index contributed by atoms with van der Waals surface area (Å²) in [7, 11) is 1.64. The lowest BCUT2D eigenvalue weighted by atomic mass is 9.93. The van der Waals surface area contributed by atoms with E-state index >= 15 is 0 Å². The molecule has 0 radical (unpaired) electrons. The van der Waals surface area contributed by atoms with Crippen LogP contribution in [0.5, 0.6) is 11.5 Å². The first-order valence-electron chi connectivity index (χ1n) is 13.8. The molecule has 5 rings (SSSR count). The molecular weight excluding hydrogens is 525 g/mol. The van der Waals surface area contributed by atoms with Crippen LogP contribution in [0.1, 0.15) is 66.7 Å². The van der Waals surface area contributed by atoms with Gasteiger partial charge in [0.2, 0.25) is 0 Å². The number of hydrogen-bond donors (Lipinski definition) is 4. The Balaban J connectivity index is 1.59. The minimum absolute atomic E-state index is 0.0406. The number of H-pyrrole nitrogens is 1. The molecule has 1 aliphatic carbocycles. The molecule has 1 saturated carbocycles. The first-order valence-corrected chi connectivity index (χ1v) is 13.8. The second-order valence-corrected chi connectivity index (χ2v) is 11.7. The standard InChI is InChI=1S/C32H36FN3O5/c1-17-10-21(33)11-18(2)29(17)41-24-13-19(12-20(14-24)32(3,4)40)26-16-36(5)31(39)28-25(26)15-27(35-28)30(38)34-22-6-8-23(37)9-7-22/h10-16,22-23,35,37,40H,6-9H2,1-5H3,(H,34,38). The summed E-state index contributed by atoms with van der Waals surface area (Å²) in [5.74, 6) is 0.297. The molecule has 0 unspecified atom stereocenters. The van der Waals surface area contributed by atoms with Crippen molar-refractivity contribution in [2.24, 2.45) is 7.05 Å². The van der Waals surface area contributed by atoms with Gasteiger partial charge in [-0.3, -0.25) is 9.59 Å². The van der Waals surface area contributed by atoms with Gasteiger partial charge in [0.15, 0.2) is 0 Å². The van der Waals surface area contributed by atoms with Gasteiger partial charge in [0.05, 0.1) is 11.7 Å². The zero-order chi connectivity index (χ0) is 29.6. The number of carbonyl (C=O) groups is 1. The number of aryl methyl sites for hydroxylation is 3. The molecule has 2 aromatic heterocycles. The third kappa shape index (κ3) is 5.92. The van der Waals surface area contributed by atoms with Gasteiger partial charge in [-0.25, -0.2) is 4.39 Å². The van der Waals surface area contributed by atoms with Crippen LogP contribution < -0.4 is 15.6 Å². The van der Waals surface area contributed by atoms with E-state index in [9.17, 15) is 24.2 Å². The molecule has 4 N–H and O–H groups in total. The summed E-state index contributed by atoms with van der Waals surface area (Å²) in [6.07, 6.45) is 4.04. The second-order valence-electron chi connectivity index (χ2n) is 11.7. The summed E-state index contributed by atoms with van der Waals surface area (Å²) in [5, 5.41) is 24.3. The third-order valence-corrected chi connectivity index (χ3v) is 7.81. The minimum atomic E-state index is -1.21. The van der Waals surface area contributed by atoms with Crippen molar-refractivity contribution in [1.29, 1.82) is 0 Å². The van der Waals surface area contributed by atoms with Crippen molar-refractivity contribution in [2.75, 3.05) is 0 Å². The van der Waals surface area contributed by atoms with Crippen LogP contribution in [-0.4, -0.2) is 37.8 Å². The second kappa shape index (κ2) is 10.8. The summed E-state index contributed by atoms with van der Waals surface area (Å²) in [4.78, 5) is 29.3. The number of hydrogen-bond acceptors (Lipinski definition) is 5. The van der Waals surface area contributed by atoms with Gasteiger partial charge in [-0.15, -0.1) is 0 Å². The topological polar surface area (TPSA) is 117 Å². The third-order valence-electron chi connectivity index (χ3n) is 7.81. The highest BCUT2D eigenvalue weighted by molar-refractivity contribution is 6.02. The molecule has 41 heavy (non-hydrogen) atoms. The Labute approximate surface area is 237 Å². The van der Waals surface area contributed by atoms with Gasteiger partial charge in [-0.2, -0.15) is 0 Å². The molecule has 1 aliphatic rings. The molecule has 8 nitrogen and oxygen atoms in total. The Morgan fingerprint density at radius 1 is 1.07 bits per heavy atom. The van der Waals surface area contributed by atoms with Crippen LogP contribution in [0.2, 0.25) is 0 Å². The van der Waals surface area contributed by atoms with Gasteiger partial charge in [0.25, 0.3) is 11.5 Å².